The largest absolute Gasteiger partial charge is 0.493 e. The highest BCUT2D eigenvalue weighted by Gasteiger charge is 2.34. The summed E-state index contributed by atoms with van der Waals surface area (Å²) in [5.41, 5.74) is 8.14. The van der Waals surface area contributed by atoms with Crippen LogP contribution in [-0.2, 0) is 16.6 Å². The van der Waals surface area contributed by atoms with Crippen LogP contribution in [0.3, 0.4) is 0 Å². The average molecular weight is 639 g/mol. The van der Waals surface area contributed by atoms with E-state index in [2.05, 4.69) is 10.3 Å². The monoisotopic (exact) mass is 638 g/mol. The fourth-order valence-electron chi connectivity index (χ4n) is 5.20. The van der Waals surface area contributed by atoms with E-state index >= 15 is 0 Å². The van der Waals surface area contributed by atoms with Gasteiger partial charge in [0.25, 0.3) is 11.8 Å². The lowest BCUT2D eigenvalue weighted by Crippen LogP contribution is -2.34. The molecular formula is C31H35ClN6O5S. The Bertz CT molecular complexity index is 1810. The number of nitrogens with one attached hydrogen (secondary N) is 1. The summed E-state index contributed by atoms with van der Waals surface area (Å²) in [4.78, 5) is 32.7. The van der Waals surface area contributed by atoms with Gasteiger partial charge in [0, 0.05) is 30.7 Å². The number of carbonyl (C=O) groups excluding carboxylic acids is 2. The van der Waals surface area contributed by atoms with Crippen LogP contribution in [0.4, 0.5) is 5.69 Å². The van der Waals surface area contributed by atoms with Gasteiger partial charge in [-0.2, -0.15) is 4.31 Å². The van der Waals surface area contributed by atoms with Gasteiger partial charge in [0.2, 0.25) is 10.0 Å². The molecule has 232 valence electrons. The molecule has 0 spiro atoms. The van der Waals surface area contributed by atoms with E-state index in [-0.39, 0.29) is 33.5 Å². The molecule has 0 saturated carbocycles. The lowest BCUT2D eigenvalue weighted by atomic mass is 10.1. The summed E-state index contributed by atoms with van der Waals surface area (Å²) in [6.07, 6.45) is 3.03. The molecule has 2 heterocycles. The van der Waals surface area contributed by atoms with Crippen LogP contribution in [0.25, 0.3) is 11.0 Å². The highest BCUT2D eigenvalue weighted by Crippen LogP contribution is 2.30. The molecule has 1 aliphatic rings. The number of sulfonamides is 1. The van der Waals surface area contributed by atoms with Crippen LogP contribution in [0, 0.1) is 0 Å². The highest BCUT2D eigenvalue weighted by molar-refractivity contribution is 7.89. The standard InChI is InChI=1S/C31H35ClN6O5S/c1-4-13-43-29-10-9-23(44(41,42)38-12-11-22(18-38)36(2)3)14-25(29)31(40)35-26-16-27-28(15-24(26)30(33)39)37(19-34-27)17-20-5-7-21(32)8-6-20/h5-10,14-16,19,22H,4,11-13,17-18H2,1-3H3,(H2,33,39)(H,35,40)/t22-/m1/s1. The zero-order chi connectivity index (χ0) is 31.6. The van der Waals surface area contributed by atoms with Crippen molar-refractivity contribution in [3.8, 4) is 5.75 Å². The molecule has 2 amide bonds. The van der Waals surface area contributed by atoms with Crippen molar-refractivity contribution in [3.05, 3.63) is 82.6 Å². The third-order valence-corrected chi connectivity index (χ3v) is 9.80. The first-order valence-electron chi connectivity index (χ1n) is 14.3. The zero-order valence-corrected chi connectivity index (χ0v) is 26.4. The van der Waals surface area contributed by atoms with Gasteiger partial charge in [0.1, 0.15) is 5.75 Å². The first-order valence-corrected chi connectivity index (χ1v) is 16.1. The topological polar surface area (TPSA) is 140 Å². The Morgan fingerprint density at radius 1 is 1.11 bits per heavy atom. The van der Waals surface area contributed by atoms with Crippen molar-refractivity contribution < 1.29 is 22.7 Å². The van der Waals surface area contributed by atoms with Gasteiger partial charge in [-0.05, 0) is 75.0 Å². The van der Waals surface area contributed by atoms with E-state index in [0.717, 1.165) is 5.56 Å². The van der Waals surface area contributed by atoms with E-state index in [1.807, 2.05) is 42.6 Å². The number of nitrogens with zero attached hydrogens (tertiary/aromatic N) is 4. The minimum Gasteiger partial charge on any atom is -0.493 e. The van der Waals surface area contributed by atoms with Gasteiger partial charge in [-0.25, -0.2) is 13.4 Å². The number of nitrogens with two attached hydrogens (primary N) is 1. The first-order chi connectivity index (χ1) is 21.0. The Hall–Kier alpha value is -3.97. The number of amides is 2. The number of primary amides is 1. The van der Waals surface area contributed by atoms with E-state index in [0.29, 0.717) is 55.1 Å². The fraction of sp³-hybridized carbons (Fsp3) is 0.323. The summed E-state index contributed by atoms with van der Waals surface area (Å²) < 4.78 is 36.2. The lowest BCUT2D eigenvalue weighted by Gasteiger charge is -2.21. The molecule has 1 atom stereocenters. The number of hydrogen-bond acceptors (Lipinski definition) is 7. The molecule has 1 fully saturated rings. The Morgan fingerprint density at radius 3 is 2.52 bits per heavy atom. The molecule has 0 bridgehead atoms. The van der Waals surface area contributed by atoms with Crippen LogP contribution in [0.1, 0.15) is 46.0 Å². The number of aromatic nitrogens is 2. The van der Waals surface area contributed by atoms with E-state index in [1.165, 1.54) is 22.5 Å². The molecule has 0 radical (unpaired) electrons. The van der Waals surface area contributed by atoms with Crippen molar-refractivity contribution in [2.75, 3.05) is 39.1 Å². The summed E-state index contributed by atoms with van der Waals surface area (Å²) in [5.74, 6) is -1.17. The molecule has 13 heteroatoms. The van der Waals surface area contributed by atoms with Gasteiger partial charge in [0.15, 0.2) is 0 Å². The van der Waals surface area contributed by atoms with Crippen LogP contribution < -0.4 is 15.8 Å². The summed E-state index contributed by atoms with van der Waals surface area (Å²) in [6.45, 7) is 3.47. The summed E-state index contributed by atoms with van der Waals surface area (Å²) in [7, 11) is -0.0273. The van der Waals surface area contributed by atoms with Crippen LogP contribution in [0.5, 0.6) is 5.75 Å². The van der Waals surface area contributed by atoms with Crippen LogP contribution in [0.15, 0.2) is 65.8 Å². The van der Waals surface area contributed by atoms with Gasteiger partial charge in [0.05, 0.1) is 45.7 Å². The fourth-order valence-corrected chi connectivity index (χ4v) is 6.84. The van der Waals surface area contributed by atoms with Gasteiger partial charge in [-0.15, -0.1) is 0 Å². The summed E-state index contributed by atoms with van der Waals surface area (Å²) in [6, 6.07) is 14.9. The number of likely N-dealkylation sites (N-methyl/N-ethyl adjacent to an activating group) is 1. The Morgan fingerprint density at radius 2 is 1.86 bits per heavy atom. The second-order valence-electron chi connectivity index (χ2n) is 11.0. The molecule has 0 unspecified atom stereocenters. The third kappa shape index (κ3) is 6.58. The molecule has 0 aliphatic carbocycles. The van der Waals surface area contributed by atoms with Gasteiger partial charge >= 0.3 is 0 Å². The number of rotatable bonds is 11. The third-order valence-electron chi connectivity index (χ3n) is 7.69. The Labute approximate surface area is 261 Å². The summed E-state index contributed by atoms with van der Waals surface area (Å²) >= 11 is 6.01. The smallest absolute Gasteiger partial charge is 0.259 e. The number of imidazole rings is 1. The van der Waals surface area contributed by atoms with E-state index in [9.17, 15) is 18.0 Å². The highest BCUT2D eigenvalue weighted by atomic mass is 35.5. The maximum Gasteiger partial charge on any atom is 0.259 e. The maximum atomic E-state index is 13.7. The van der Waals surface area contributed by atoms with Crippen LogP contribution in [-0.4, -0.2) is 78.8 Å². The van der Waals surface area contributed by atoms with Crippen LogP contribution in [0.2, 0.25) is 5.02 Å². The van der Waals surface area contributed by atoms with Crippen molar-refractivity contribution >= 4 is 50.2 Å². The number of ether oxygens (including phenoxy) is 1. The minimum atomic E-state index is -3.87. The molecule has 1 aliphatic heterocycles. The molecule has 11 nitrogen and oxygen atoms in total. The molecular weight excluding hydrogens is 604 g/mol. The van der Waals surface area contributed by atoms with Crippen molar-refractivity contribution in [1.82, 2.24) is 18.8 Å². The molecule has 1 aromatic heterocycles. The van der Waals surface area contributed by atoms with Gasteiger partial charge in [-0.1, -0.05) is 30.7 Å². The van der Waals surface area contributed by atoms with E-state index < -0.39 is 21.8 Å². The molecule has 5 rings (SSSR count). The maximum absolute atomic E-state index is 13.7. The Balaban J connectivity index is 1.47. The van der Waals surface area contributed by atoms with Crippen molar-refractivity contribution in [2.24, 2.45) is 5.73 Å². The second-order valence-corrected chi connectivity index (χ2v) is 13.4. The number of fused-ring (bicyclic) bond motifs is 1. The first kappa shape index (κ1) is 31.5. The van der Waals surface area contributed by atoms with Crippen molar-refractivity contribution in [2.45, 2.75) is 37.2 Å². The molecule has 1 saturated heterocycles. The number of benzene rings is 3. The lowest BCUT2D eigenvalue weighted by molar-refractivity contribution is 0.100. The average Bonchev–Trinajstić information content (AvgIpc) is 3.65. The van der Waals surface area contributed by atoms with E-state index in [1.54, 1.807) is 30.6 Å². The number of hydrogen-bond donors (Lipinski definition) is 2. The van der Waals surface area contributed by atoms with Crippen LogP contribution >= 0.6 is 11.6 Å². The molecule has 44 heavy (non-hydrogen) atoms. The summed E-state index contributed by atoms with van der Waals surface area (Å²) in [5, 5.41) is 3.38. The number of carbonyl (C=O) groups is 2. The predicted octanol–water partition coefficient (Wildman–Crippen LogP) is 4.20. The van der Waals surface area contributed by atoms with Crippen molar-refractivity contribution in [3.63, 3.8) is 0 Å². The SMILES string of the molecule is CCCOc1ccc(S(=O)(=O)N2CC[C@@H](N(C)C)C2)cc1C(=O)Nc1cc2ncn(Cc3ccc(Cl)cc3)c2cc1C(N)=O. The normalized spacial score (nSPS) is 15.6. The quantitative estimate of drug-likeness (QED) is 0.251. The molecule has 3 aromatic carbocycles. The number of anilines is 1. The van der Waals surface area contributed by atoms with Gasteiger partial charge in [-0.3, -0.25) is 9.59 Å². The molecule has 4 aromatic rings. The minimum absolute atomic E-state index is 0.0163. The zero-order valence-electron chi connectivity index (χ0n) is 24.8. The predicted molar refractivity (Wildman–Crippen MR) is 170 cm³/mol. The van der Waals surface area contributed by atoms with Crippen molar-refractivity contribution in [1.29, 1.82) is 0 Å². The second kappa shape index (κ2) is 12.9. The number of halogens is 1. The van der Waals surface area contributed by atoms with Gasteiger partial charge < -0.3 is 25.3 Å². The molecule has 3 N–H and O–H groups in total. The van der Waals surface area contributed by atoms with E-state index in [4.69, 9.17) is 22.1 Å². The Kier molecular flexibility index (Phi) is 9.26.